The van der Waals surface area contributed by atoms with Crippen LogP contribution >= 0.6 is 0 Å². The molecule has 2 aromatic carbocycles. The number of likely N-dealkylation sites (N-methyl/N-ethyl adjacent to an activating group) is 1. The first kappa shape index (κ1) is 20.2. The van der Waals surface area contributed by atoms with E-state index in [1.807, 2.05) is 30.3 Å². The highest BCUT2D eigenvalue weighted by atomic mass is 16.5. The van der Waals surface area contributed by atoms with Crippen molar-refractivity contribution in [3.05, 3.63) is 53.6 Å². The molecule has 0 unspecified atom stereocenters. The van der Waals surface area contributed by atoms with Crippen molar-refractivity contribution in [1.82, 2.24) is 4.90 Å². The Kier molecular flexibility index (Phi) is 7.11. The van der Waals surface area contributed by atoms with Gasteiger partial charge in [-0.05, 0) is 35.9 Å². The molecule has 0 heterocycles. The van der Waals surface area contributed by atoms with E-state index in [0.717, 1.165) is 16.9 Å². The summed E-state index contributed by atoms with van der Waals surface area (Å²) in [7, 11) is 8.03. The molecule has 144 valence electrons. The van der Waals surface area contributed by atoms with Crippen molar-refractivity contribution >= 4 is 12.0 Å². The third kappa shape index (κ3) is 4.94. The van der Waals surface area contributed by atoms with E-state index in [4.69, 9.17) is 18.9 Å². The lowest BCUT2D eigenvalue weighted by atomic mass is 10.1. The van der Waals surface area contributed by atoms with E-state index in [0.29, 0.717) is 23.8 Å². The summed E-state index contributed by atoms with van der Waals surface area (Å²) < 4.78 is 21.2. The number of nitrogens with zero attached hydrogens (tertiary/aromatic N) is 1. The fraction of sp³-hybridized carbons (Fsp3) is 0.286. The van der Waals surface area contributed by atoms with Crippen LogP contribution in [0.1, 0.15) is 11.1 Å². The lowest BCUT2D eigenvalue weighted by Crippen LogP contribution is -2.24. The molecule has 2 rings (SSSR count). The number of benzene rings is 2. The molecule has 0 spiro atoms. The second kappa shape index (κ2) is 9.52. The van der Waals surface area contributed by atoms with Crippen molar-refractivity contribution in [3.8, 4) is 23.0 Å². The van der Waals surface area contributed by atoms with Crippen molar-refractivity contribution in [1.29, 1.82) is 0 Å². The fourth-order valence-corrected chi connectivity index (χ4v) is 2.63. The molecule has 27 heavy (non-hydrogen) atoms. The number of amides is 1. The molecular formula is C21H25NO5. The number of rotatable bonds is 8. The van der Waals surface area contributed by atoms with E-state index in [2.05, 4.69) is 0 Å². The molecule has 0 aliphatic heterocycles. The summed E-state index contributed by atoms with van der Waals surface area (Å²) in [5.74, 6) is 2.23. The van der Waals surface area contributed by atoms with Gasteiger partial charge in [-0.1, -0.05) is 12.1 Å². The van der Waals surface area contributed by atoms with Gasteiger partial charge in [0.25, 0.3) is 0 Å². The highest BCUT2D eigenvalue weighted by Gasteiger charge is 2.14. The number of ether oxygens (including phenoxy) is 4. The minimum absolute atomic E-state index is 0.123. The second-order valence-electron chi connectivity index (χ2n) is 5.80. The summed E-state index contributed by atoms with van der Waals surface area (Å²) >= 11 is 0. The van der Waals surface area contributed by atoms with Crippen LogP contribution in [0.3, 0.4) is 0 Å². The van der Waals surface area contributed by atoms with Crippen LogP contribution in [0.4, 0.5) is 0 Å². The summed E-state index contributed by atoms with van der Waals surface area (Å²) in [6.45, 7) is 0.496. The van der Waals surface area contributed by atoms with Crippen LogP contribution in [0.15, 0.2) is 42.5 Å². The minimum Gasteiger partial charge on any atom is -0.497 e. The highest BCUT2D eigenvalue weighted by Crippen LogP contribution is 2.40. The number of hydrogen-bond donors (Lipinski definition) is 0. The van der Waals surface area contributed by atoms with Crippen molar-refractivity contribution in [2.75, 3.05) is 35.5 Å². The predicted octanol–water partition coefficient (Wildman–Crippen LogP) is 3.39. The van der Waals surface area contributed by atoms with Crippen LogP contribution in [0.25, 0.3) is 6.08 Å². The third-order valence-electron chi connectivity index (χ3n) is 4.10. The van der Waals surface area contributed by atoms with E-state index < -0.39 is 0 Å². The largest absolute Gasteiger partial charge is 0.497 e. The van der Waals surface area contributed by atoms with Crippen molar-refractivity contribution in [2.24, 2.45) is 0 Å². The normalized spacial score (nSPS) is 10.6. The number of carbonyl (C=O) groups is 1. The Hall–Kier alpha value is -3.15. The first-order valence-electron chi connectivity index (χ1n) is 8.39. The molecule has 1 amide bonds. The molecule has 2 aromatic rings. The molecule has 0 saturated heterocycles. The molecule has 0 saturated carbocycles. The average molecular weight is 371 g/mol. The molecule has 0 aliphatic carbocycles. The summed E-state index contributed by atoms with van der Waals surface area (Å²) in [5.41, 5.74) is 1.74. The van der Waals surface area contributed by atoms with Gasteiger partial charge in [-0.3, -0.25) is 4.79 Å². The molecule has 6 heteroatoms. The van der Waals surface area contributed by atoms with Gasteiger partial charge in [0.2, 0.25) is 11.7 Å². The molecule has 0 radical (unpaired) electrons. The quantitative estimate of drug-likeness (QED) is 0.666. The maximum absolute atomic E-state index is 12.4. The third-order valence-corrected chi connectivity index (χ3v) is 4.10. The van der Waals surface area contributed by atoms with E-state index in [1.54, 1.807) is 52.5 Å². The van der Waals surface area contributed by atoms with Gasteiger partial charge < -0.3 is 23.8 Å². The van der Waals surface area contributed by atoms with Crippen LogP contribution in [0.2, 0.25) is 0 Å². The topological polar surface area (TPSA) is 57.2 Å². The fourth-order valence-electron chi connectivity index (χ4n) is 2.63. The summed E-state index contributed by atoms with van der Waals surface area (Å²) in [6.07, 6.45) is 3.21. The van der Waals surface area contributed by atoms with Crippen LogP contribution in [-0.2, 0) is 11.3 Å². The first-order valence-corrected chi connectivity index (χ1v) is 8.39. The maximum Gasteiger partial charge on any atom is 0.246 e. The Morgan fingerprint density at radius 2 is 1.56 bits per heavy atom. The minimum atomic E-state index is -0.123. The predicted molar refractivity (Wildman–Crippen MR) is 105 cm³/mol. The van der Waals surface area contributed by atoms with Gasteiger partial charge >= 0.3 is 0 Å². The lowest BCUT2D eigenvalue weighted by molar-refractivity contribution is -0.125. The SMILES string of the molecule is COc1ccc(CN(C)C(=O)/C=C/c2ccc(OC)c(OC)c2OC)cc1. The van der Waals surface area contributed by atoms with Crippen LogP contribution in [0.5, 0.6) is 23.0 Å². The number of methoxy groups -OCH3 is 4. The molecule has 0 fully saturated rings. The van der Waals surface area contributed by atoms with Crippen LogP contribution in [-0.4, -0.2) is 46.3 Å². The Morgan fingerprint density at radius 1 is 0.889 bits per heavy atom. The van der Waals surface area contributed by atoms with Gasteiger partial charge in [0.05, 0.1) is 28.4 Å². The van der Waals surface area contributed by atoms with Crippen molar-refractivity contribution in [2.45, 2.75) is 6.54 Å². The van der Waals surface area contributed by atoms with E-state index in [-0.39, 0.29) is 5.91 Å². The Bertz CT molecular complexity index is 799. The van der Waals surface area contributed by atoms with Crippen LogP contribution in [0, 0.1) is 0 Å². The molecule has 0 bridgehead atoms. The Morgan fingerprint density at radius 3 is 2.11 bits per heavy atom. The van der Waals surface area contributed by atoms with Gasteiger partial charge in [-0.2, -0.15) is 0 Å². The highest BCUT2D eigenvalue weighted by molar-refractivity contribution is 5.92. The van der Waals surface area contributed by atoms with E-state index >= 15 is 0 Å². The second-order valence-corrected chi connectivity index (χ2v) is 5.80. The molecule has 6 nitrogen and oxygen atoms in total. The number of carbonyl (C=O) groups excluding carboxylic acids is 1. The zero-order valence-corrected chi connectivity index (χ0v) is 16.3. The van der Waals surface area contributed by atoms with Gasteiger partial charge in [0.15, 0.2) is 11.5 Å². The van der Waals surface area contributed by atoms with Crippen molar-refractivity contribution < 1.29 is 23.7 Å². The standard InChI is InChI=1S/C21H25NO5/c1-22(14-15-6-10-17(24-2)11-7-15)19(23)13-9-16-8-12-18(25-3)21(27-5)20(16)26-4/h6-13H,14H2,1-5H3/b13-9+. The van der Waals surface area contributed by atoms with Gasteiger partial charge in [-0.25, -0.2) is 0 Å². The van der Waals surface area contributed by atoms with Gasteiger partial charge in [-0.15, -0.1) is 0 Å². The molecular weight excluding hydrogens is 346 g/mol. The number of hydrogen-bond acceptors (Lipinski definition) is 5. The monoisotopic (exact) mass is 371 g/mol. The zero-order valence-electron chi connectivity index (χ0n) is 16.3. The van der Waals surface area contributed by atoms with Crippen LogP contribution < -0.4 is 18.9 Å². The zero-order chi connectivity index (χ0) is 19.8. The van der Waals surface area contributed by atoms with E-state index in [1.165, 1.54) is 6.08 Å². The first-order chi connectivity index (χ1) is 13.0. The molecule has 0 aromatic heterocycles. The maximum atomic E-state index is 12.4. The Balaban J connectivity index is 2.13. The lowest BCUT2D eigenvalue weighted by Gasteiger charge is -2.16. The summed E-state index contributed by atoms with van der Waals surface area (Å²) in [6, 6.07) is 11.2. The van der Waals surface area contributed by atoms with Gasteiger partial charge in [0, 0.05) is 25.2 Å². The van der Waals surface area contributed by atoms with Crippen molar-refractivity contribution in [3.63, 3.8) is 0 Å². The molecule has 0 atom stereocenters. The molecule has 0 aliphatic rings. The Labute approximate surface area is 159 Å². The van der Waals surface area contributed by atoms with Gasteiger partial charge in [0.1, 0.15) is 5.75 Å². The summed E-state index contributed by atoms with van der Waals surface area (Å²) in [4.78, 5) is 14.1. The smallest absolute Gasteiger partial charge is 0.246 e. The average Bonchev–Trinajstić information content (AvgIpc) is 2.71. The molecule has 0 N–H and O–H groups in total. The summed E-state index contributed by atoms with van der Waals surface area (Å²) in [5, 5.41) is 0. The van der Waals surface area contributed by atoms with E-state index in [9.17, 15) is 4.79 Å².